The molecule has 164 valence electrons. The minimum absolute atomic E-state index is 0.119. The Morgan fingerprint density at radius 1 is 0.871 bits per heavy atom. The van der Waals surface area contributed by atoms with Gasteiger partial charge in [0.1, 0.15) is 0 Å². The molecule has 0 radical (unpaired) electrons. The summed E-state index contributed by atoms with van der Waals surface area (Å²) < 4.78 is 39.6. The van der Waals surface area contributed by atoms with Crippen LogP contribution in [0.15, 0.2) is 48.5 Å². The quantitative estimate of drug-likeness (QED) is 0.779. The maximum atomic E-state index is 13.2. The number of benzene rings is 2. The lowest BCUT2D eigenvalue weighted by Crippen LogP contribution is -2.51. The minimum Gasteiger partial charge on any atom is -0.355 e. The number of carbonyl (C=O) groups excluding carboxylic acids is 3. The molecule has 2 aromatic rings. The average Bonchev–Trinajstić information content (AvgIpc) is 2.78. The second-order valence-corrected chi connectivity index (χ2v) is 6.91. The summed E-state index contributed by atoms with van der Waals surface area (Å²) in [5.41, 5.74) is -0.425. The molecule has 1 saturated heterocycles. The topological polar surface area (TPSA) is 81.8 Å². The molecule has 1 aliphatic heterocycles. The van der Waals surface area contributed by atoms with Crippen LogP contribution in [0.3, 0.4) is 0 Å². The number of anilines is 1. The second-order valence-electron chi connectivity index (χ2n) is 6.91. The van der Waals surface area contributed by atoms with Gasteiger partial charge >= 0.3 is 12.2 Å². The second kappa shape index (κ2) is 9.07. The highest BCUT2D eigenvalue weighted by Gasteiger charge is 2.36. The van der Waals surface area contributed by atoms with Crippen molar-refractivity contribution in [2.75, 3.05) is 38.5 Å². The van der Waals surface area contributed by atoms with E-state index in [1.807, 2.05) is 0 Å². The number of hydrogen-bond acceptors (Lipinski definition) is 3. The van der Waals surface area contributed by atoms with Crippen molar-refractivity contribution in [1.29, 1.82) is 0 Å². The Morgan fingerprint density at radius 3 is 2.03 bits per heavy atom. The molecule has 2 aromatic carbocycles. The Hall–Kier alpha value is -3.56. The van der Waals surface area contributed by atoms with Crippen molar-refractivity contribution in [3.8, 4) is 0 Å². The molecule has 3 rings (SSSR count). The van der Waals surface area contributed by atoms with Gasteiger partial charge in [-0.15, -0.1) is 0 Å². The number of nitrogens with one attached hydrogen (secondary N) is 2. The Bertz CT molecular complexity index is 969. The molecule has 0 spiro atoms. The van der Waals surface area contributed by atoms with Gasteiger partial charge in [-0.3, -0.25) is 9.59 Å². The third kappa shape index (κ3) is 5.14. The molecule has 0 bridgehead atoms. The Balaban J connectivity index is 1.59. The van der Waals surface area contributed by atoms with E-state index in [-0.39, 0.29) is 32.1 Å². The van der Waals surface area contributed by atoms with Crippen LogP contribution in [-0.4, -0.2) is 60.9 Å². The van der Waals surface area contributed by atoms with Crippen molar-refractivity contribution >= 4 is 23.5 Å². The number of hydrogen-bond donors (Lipinski definition) is 2. The molecular formula is C21H21F3N4O3. The van der Waals surface area contributed by atoms with Gasteiger partial charge in [0.05, 0.1) is 11.1 Å². The van der Waals surface area contributed by atoms with Crippen LogP contribution >= 0.6 is 0 Å². The minimum atomic E-state index is -4.62. The van der Waals surface area contributed by atoms with E-state index in [0.717, 1.165) is 12.1 Å². The molecule has 0 aromatic heterocycles. The third-order valence-electron chi connectivity index (χ3n) is 4.94. The smallest absolute Gasteiger partial charge is 0.355 e. The SMILES string of the molecule is CNC(=O)c1ccc(NC(=O)N2CCN(C(=O)c3ccccc3C(F)(F)F)CC2)cc1. The van der Waals surface area contributed by atoms with Crippen molar-refractivity contribution in [3.05, 3.63) is 65.2 Å². The fraction of sp³-hybridized carbons (Fsp3) is 0.286. The highest BCUT2D eigenvalue weighted by molar-refractivity contribution is 5.97. The summed E-state index contributed by atoms with van der Waals surface area (Å²) in [6.07, 6.45) is -4.62. The Labute approximate surface area is 176 Å². The average molecular weight is 434 g/mol. The molecule has 1 aliphatic rings. The summed E-state index contributed by atoms with van der Waals surface area (Å²) in [5.74, 6) is -0.955. The van der Waals surface area contributed by atoms with Crippen LogP contribution in [0.25, 0.3) is 0 Å². The lowest BCUT2D eigenvalue weighted by atomic mass is 10.1. The van der Waals surface area contributed by atoms with E-state index in [2.05, 4.69) is 10.6 Å². The zero-order valence-corrected chi connectivity index (χ0v) is 16.7. The summed E-state index contributed by atoms with van der Waals surface area (Å²) in [4.78, 5) is 39.4. The van der Waals surface area contributed by atoms with Crippen LogP contribution in [0.2, 0.25) is 0 Å². The maximum absolute atomic E-state index is 13.2. The first-order chi connectivity index (χ1) is 14.7. The van der Waals surface area contributed by atoms with Gasteiger partial charge in [-0.2, -0.15) is 13.2 Å². The number of alkyl halides is 3. The number of rotatable bonds is 3. The van der Waals surface area contributed by atoms with Gasteiger partial charge in [0.15, 0.2) is 0 Å². The first-order valence-corrected chi connectivity index (χ1v) is 9.54. The first-order valence-electron chi connectivity index (χ1n) is 9.54. The Morgan fingerprint density at radius 2 is 1.45 bits per heavy atom. The molecule has 0 saturated carbocycles. The number of piperazine rings is 1. The highest BCUT2D eigenvalue weighted by atomic mass is 19.4. The van der Waals surface area contributed by atoms with Gasteiger partial charge in [0.25, 0.3) is 11.8 Å². The van der Waals surface area contributed by atoms with E-state index in [1.54, 1.807) is 24.3 Å². The molecule has 0 aliphatic carbocycles. The van der Waals surface area contributed by atoms with Crippen molar-refractivity contribution in [2.45, 2.75) is 6.18 Å². The lowest BCUT2D eigenvalue weighted by molar-refractivity contribution is -0.138. The highest BCUT2D eigenvalue weighted by Crippen LogP contribution is 2.32. The monoisotopic (exact) mass is 434 g/mol. The molecule has 7 nitrogen and oxygen atoms in total. The van der Waals surface area contributed by atoms with E-state index in [9.17, 15) is 27.6 Å². The van der Waals surface area contributed by atoms with Gasteiger partial charge < -0.3 is 20.4 Å². The number of nitrogens with zero attached hydrogens (tertiary/aromatic N) is 2. The molecule has 10 heteroatoms. The number of amides is 4. The number of halogens is 3. The normalized spacial score (nSPS) is 14.2. The predicted octanol–water partition coefficient (Wildman–Crippen LogP) is 3.05. The summed E-state index contributed by atoms with van der Waals surface area (Å²) in [6.45, 7) is 0.603. The molecular weight excluding hydrogens is 413 g/mol. The summed E-state index contributed by atoms with van der Waals surface area (Å²) in [6, 6.07) is 10.6. The van der Waals surface area contributed by atoms with E-state index in [4.69, 9.17) is 0 Å². The van der Waals surface area contributed by atoms with Gasteiger partial charge in [0, 0.05) is 44.5 Å². The maximum Gasteiger partial charge on any atom is 0.417 e. The summed E-state index contributed by atoms with van der Waals surface area (Å²) >= 11 is 0. The molecule has 0 unspecified atom stereocenters. The standard InChI is InChI=1S/C21H21F3N4O3/c1-25-18(29)14-6-8-15(9-7-14)26-20(31)28-12-10-27(11-13-28)19(30)16-4-2-3-5-17(16)21(22,23)24/h2-9H,10-13H2,1H3,(H,25,29)(H,26,31). The van der Waals surface area contributed by atoms with E-state index in [0.29, 0.717) is 11.3 Å². The van der Waals surface area contributed by atoms with Crippen LogP contribution in [-0.2, 0) is 6.18 Å². The summed E-state index contributed by atoms with van der Waals surface area (Å²) in [5, 5.41) is 5.20. The van der Waals surface area contributed by atoms with Crippen molar-refractivity contribution in [1.82, 2.24) is 15.1 Å². The number of carbonyl (C=O) groups is 3. The van der Waals surface area contributed by atoms with E-state index >= 15 is 0 Å². The van der Waals surface area contributed by atoms with Crippen LogP contribution in [0.1, 0.15) is 26.3 Å². The van der Waals surface area contributed by atoms with Gasteiger partial charge in [-0.05, 0) is 36.4 Å². The lowest BCUT2D eigenvalue weighted by Gasteiger charge is -2.35. The molecule has 1 fully saturated rings. The third-order valence-corrected chi connectivity index (χ3v) is 4.94. The fourth-order valence-corrected chi connectivity index (χ4v) is 3.25. The van der Waals surface area contributed by atoms with Gasteiger partial charge in [-0.25, -0.2) is 4.79 Å². The number of urea groups is 1. The van der Waals surface area contributed by atoms with Crippen LogP contribution in [0, 0.1) is 0 Å². The van der Waals surface area contributed by atoms with Crippen molar-refractivity contribution in [2.24, 2.45) is 0 Å². The molecule has 1 heterocycles. The molecule has 4 amide bonds. The predicted molar refractivity (Wildman–Crippen MR) is 108 cm³/mol. The largest absolute Gasteiger partial charge is 0.417 e. The zero-order valence-electron chi connectivity index (χ0n) is 16.7. The fourth-order valence-electron chi connectivity index (χ4n) is 3.25. The van der Waals surface area contributed by atoms with E-state index < -0.39 is 29.2 Å². The molecule has 2 N–H and O–H groups in total. The first kappa shape index (κ1) is 22.1. The van der Waals surface area contributed by atoms with Crippen molar-refractivity contribution < 1.29 is 27.6 Å². The Kier molecular flexibility index (Phi) is 6.47. The van der Waals surface area contributed by atoms with E-state index in [1.165, 1.54) is 29.0 Å². The molecule has 0 atom stereocenters. The molecule has 31 heavy (non-hydrogen) atoms. The van der Waals surface area contributed by atoms with Crippen LogP contribution < -0.4 is 10.6 Å². The van der Waals surface area contributed by atoms with Gasteiger partial charge in [-0.1, -0.05) is 12.1 Å². The zero-order chi connectivity index (χ0) is 22.6. The summed E-state index contributed by atoms with van der Waals surface area (Å²) in [7, 11) is 1.52. The van der Waals surface area contributed by atoms with Crippen LogP contribution in [0.4, 0.5) is 23.7 Å². The van der Waals surface area contributed by atoms with Gasteiger partial charge in [0.2, 0.25) is 0 Å². The van der Waals surface area contributed by atoms with Crippen molar-refractivity contribution in [3.63, 3.8) is 0 Å². The van der Waals surface area contributed by atoms with Crippen LogP contribution in [0.5, 0.6) is 0 Å².